The van der Waals surface area contributed by atoms with Crippen molar-refractivity contribution in [3.63, 3.8) is 0 Å². The van der Waals surface area contributed by atoms with Crippen LogP contribution in [0.15, 0.2) is 36.9 Å². The van der Waals surface area contributed by atoms with E-state index < -0.39 is 0 Å². The van der Waals surface area contributed by atoms with E-state index in [0.29, 0.717) is 25.7 Å². The van der Waals surface area contributed by atoms with Crippen LogP contribution in [0.2, 0.25) is 0 Å². The van der Waals surface area contributed by atoms with Gasteiger partial charge in [-0.1, -0.05) is 6.07 Å². The molecule has 0 radical (unpaired) electrons. The molecule has 0 aliphatic carbocycles. The lowest BCUT2D eigenvalue weighted by Crippen LogP contribution is -2.42. The molecular weight excluding hydrogens is 458 g/mol. The number of hydrogen-bond acceptors (Lipinski definition) is 8. The molecule has 2 atom stereocenters. The van der Waals surface area contributed by atoms with Gasteiger partial charge in [0.1, 0.15) is 6.61 Å². The SMILES string of the molecule is CCOc1cc(CN2C[C@@H]3CCOC[C@]3(CO)C2)ccc1OCCn1ccnc1.O=CO.O=CO. The van der Waals surface area contributed by atoms with Gasteiger partial charge in [-0.15, -0.1) is 0 Å². The van der Waals surface area contributed by atoms with Crippen molar-refractivity contribution in [2.75, 3.05) is 46.1 Å². The Labute approximate surface area is 204 Å². The van der Waals surface area contributed by atoms with Crippen LogP contribution in [0, 0.1) is 11.3 Å². The number of carboxylic acid groups (broad SMARTS) is 2. The fourth-order valence-electron chi connectivity index (χ4n) is 4.53. The monoisotopic (exact) mass is 493 g/mol. The largest absolute Gasteiger partial charge is 0.490 e. The summed E-state index contributed by atoms with van der Waals surface area (Å²) in [5.74, 6) is 2.07. The van der Waals surface area contributed by atoms with Crippen LogP contribution in [0.1, 0.15) is 18.9 Å². The summed E-state index contributed by atoms with van der Waals surface area (Å²) in [4.78, 5) is 23.2. The highest BCUT2D eigenvalue weighted by Gasteiger charge is 2.47. The van der Waals surface area contributed by atoms with E-state index in [0.717, 1.165) is 50.7 Å². The number of rotatable bonds is 9. The average molecular weight is 494 g/mol. The highest BCUT2D eigenvalue weighted by atomic mass is 16.5. The number of ether oxygens (including phenoxy) is 3. The number of carbonyl (C=O) groups is 2. The first-order valence-electron chi connectivity index (χ1n) is 11.5. The third-order valence-corrected chi connectivity index (χ3v) is 6.08. The molecule has 1 aromatic carbocycles. The number of aliphatic hydroxyl groups excluding tert-OH is 1. The number of nitrogens with zero attached hydrogens (tertiary/aromatic N) is 3. The molecule has 3 N–H and O–H groups in total. The second-order valence-electron chi connectivity index (χ2n) is 8.30. The first kappa shape index (κ1) is 28.1. The molecule has 11 nitrogen and oxygen atoms in total. The predicted octanol–water partition coefficient (Wildman–Crippen LogP) is 1.59. The van der Waals surface area contributed by atoms with Crippen molar-refractivity contribution < 1.29 is 39.1 Å². The summed E-state index contributed by atoms with van der Waals surface area (Å²) >= 11 is 0. The fourth-order valence-corrected chi connectivity index (χ4v) is 4.53. The number of benzene rings is 1. The molecular formula is C24H35N3O8. The predicted molar refractivity (Wildman–Crippen MR) is 126 cm³/mol. The molecule has 2 aromatic rings. The van der Waals surface area contributed by atoms with Gasteiger partial charge in [0.05, 0.1) is 32.7 Å². The number of aliphatic hydroxyl groups is 1. The lowest BCUT2D eigenvalue weighted by Gasteiger charge is -2.36. The third-order valence-electron chi connectivity index (χ3n) is 6.08. The van der Waals surface area contributed by atoms with E-state index in [9.17, 15) is 5.11 Å². The summed E-state index contributed by atoms with van der Waals surface area (Å²) in [7, 11) is 0. The van der Waals surface area contributed by atoms with Crippen molar-refractivity contribution in [1.82, 2.24) is 14.5 Å². The van der Waals surface area contributed by atoms with E-state index in [2.05, 4.69) is 22.0 Å². The summed E-state index contributed by atoms with van der Waals surface area (Å²) in [5, 5.41) is 23.8. The van der Waals surface area contributed by atoms with Crippen LogP contribution < -0.4 is 9.47 Å². The standard InChI is InChI=1S/C22H31N3O4.2CH2O2/c1-2-28-21-11-18(3-4-20(21)29-10-8-24-7-6-23-17-24)12-25-13-19-5-9-27-16-22(19,14-25)15-26;2*2-1-3/h3-4,6-7,11,17,19,26H,2,5,8-10,12-16H2,1H3;2*1H,(H,2,3)/t19-,22+;;/m0../s1. The first-order valence-corrected chi connectivity index (χ1v) is 11.5. The molecule has 2 aliphatic heterocycles. The highest BCUT2D eigenvalue weighted by molar-refractivity contribution is 5.43. The summed E-state index contributed by atoms with van der Waals surface area (Å²) in [6.45, 7) is 7.78. The highest BCUT2D eigenvalue weighted by Crippen LogP contribution is 2.41. The molecule has 0 bridgehead atoms. The Kier molecular flexibility index (Phi) is 12.0. The van der Waals surface area contributed by atoms with Crippen LogP contribution in [-0.2, 0) is 27.4 Å². The van der Waals surface area contributed by atoms with Gasteiger partial charge in [-0.05, 0) is 37.0 Å². The lowest BCUT2D eigenvalue weighted by atomic mass is 9.76. The summed E-state index contributed by atoms with van der Waals surface area (Å²) in [6, 6.07) is 6.20. The van der Waals surface area contributed by atoms with Crippen molar-refractivity contribution in [3.05, 3.63) is 42.5 Å². The molecule has 2 aliphatic rings. The Morgan fingerprint density at radius 2 is 2.00 bits per heavy atom. The van der Waals surface area contributed by atoms with E-state index >= 15 is 0 Å². The second-order valence-corrected chi connectivity index (χ2v) is 8.30. The van der Waals surface area contributed by atoms with Crippen LogP contribution >= 0.6 is 0 Å². The summed E-state index contributed by atoms with van der Waals surface area (Å²) in [5.41, 5.74) is 1.10. The fraction of sp³-hybridized carbons (Fsp3) is 0.542. The van der Waals surface area contributed by atoms with Crippen molar-refractivity contribution in [1.29, 1.82) is 0 Å². The van der Waals surface area contributed by atoms with Crippen molar-refractivity contribution in [3.8, 4) is 11.5 Å². The topological polar surface area (TPSA) is 144 Å². The molecule has 0 unspecified atom stereocenters. The van der Waals surface area contributed by atoms with Gasteiger partial charge in [0.25, 0.3) is 12.9 Å². The van der Waals surface area contributed by atoms with E-state index in [4.69, 9.17) is 34.0 Å². The Morgan fingerprint density at radius 3 is 2.63 bits per heavy atom. The van der Waals surface area contributed by atoms with Gasteiger partial charge in [-0.3, -0.25) is 14.5 Å². The molecule has 35 heavy (non-hydrogen) atoms. The quantitative estimate of drug-likeness (QED) is 0.441. The Morgan fingerprint density at radius 1 is 1.23 bits per heavy atom. The molecule has 4 rings (SSSR count). The van der Waals surface area contributed by atoms with Crippen LogP contribution in [0.3, 0.4) is 0 Å². The minimum Gasteiger partial charge on any atom is -0.490 e. The zero-order valence-electron chi connectivity index (χ0n) is 20.0. The van der Waals surface area contributed by atoms with Crippen LogP contribution in [0.25, 0.3) is 0 Å². The van der Waals surface area contributed by atoms with Crippen LogP contribution in [-0.4, -0.2) is 88.8 Å². The number of hydrogen-bond donors (Lipinski definition) is 3. The normalized spacial score (nSPS) is 20.9. The number of likely N-dealkylation sites (tertiary alicyclic amines) is 1. The van der Waals surface area contributed by atoms with Gasteiger partial charge in [-0.2, -0.15) is 0 Å². The van der Waals surface area contributed by atoms with E-state index in [1.54, 1.807) is 12.5 Å². The minimum atomic E-state index is -0.250. The first-order chi connectivity index (χ1) is 17.0. The van der Waals surface area contributed by atoms with Gasteiger partial charge in [0.2, 0.25) is 0 Å². The van der Waals surface area contributed by atoms with E-state index in [1.807, 2.05) is 23.8 Å². The van der Waals surface area contributed by atoms with Crippen molar-refractivity contribution >= 4 is 12.9 Å². The Bertz CT molecular complexity index is 874. The van der Waals surface area contributed by atoms with Gasteiger partial charge in [0.15, 0.2) is 11.5 Å². The molecule has 0 saturated carbocycles. The molecule has 2 fully saturated rings. The molecule has 2 saturated heterocycles. The Balaban J connectivity index is 0.000000655. The Hall–Kier alpha value is -3.15. The average Bonchev–Trinajstić information content (AvgIpc) is 3.49. The maximum absolute atomic E-state index is 9.99. The van der Waals surface area contributed by atoms with Crippen LogP contribution in [0.4, 0.5) is 0 Å². The molecule has 3 heterocycles. The maximum atomic E-state index is 9.99. The number of aromatic nitrogens is 2. The van der Waals surface area contributed by atoms with Crippen molar-refractivity contribution in [2.24, 2.45) is 11.3 Å². The molecule has 194 valence electrons. The van der Waals surface area contributed by atoms with Gasteiger partial charge in [0, 0.05) is 44.0 Å². The van der Waals surface area contributed by atoms with Gasteiger partial charge >= 0.3 is 0 Å². The lowest BCUT2D eigenvalue weighted by molar-refractivity contribution is -0.123. The maximum Gasteiger partial charge on any atom is 0.290 e. The molecule has 0 amide bonds. The molecule has 11 heteroatoms. The van der Waals surface area contributed by atoms with Crippen LogP contribution in [0.5, 0.6) is 11.5 Å². The zero-order chi connectivity index (χ0) is 25.5. The zero-order valence-corrected chi connectivity index (χ0v) is 20.0. The van der Waals surface area contributed by atoms with Gasteiger partial charge in [-0.25, -0.2) is 4.98 Å². The third kappa shape index (κ3) is 8.23. The smallest absolute Gasteiger partial charge is 0.290 e. The molecule has 0 spiro atoms. The van der Waals surface area contributed by atoms with Gasteiger partial charge < -0.3 is 34.1 Å². The summed E-state index contributed by atoms with van der Waals surface area (Å²) in [6.07, 6.45) is 6.51. The van der Waals surface area contributed by atoms with Crippen molar-refractivity contribution in [2.45, 2.75) is 26.4 Å². The summed E-state index contributed by atoms with van der Waals surface area (Å²) < 4.78 is 19.5. The second kappa shape index (κ2) is 15.0. The minimum absolute atomic E-state index is 0.0998. The molecule has 1 aromatic heterocycles. The number of fused-ring (bicyclic) bond motifs is 1. The van der Waals surface area contributed by atoms with E-state index in [1.165, 1.54) is 5.56 Å². The number of imidazole rings is 1. The van der Waals surface area contributed by atoms with E-state index in [-0.39, 0.29) is 25.0 Å².